The van der Waals surface area contributed by atoms with E-state index in [4.69, 9.17) is 25.8 Å². The lowest BCUT2D eigenvalue weighted by Gasteiger charge is -2.31. The highest BCUT2D eigenvalue weighted by molar-refractivity contribution is 6.30. The van der Waals surface area contributed by atoms with Gasteiger partial charge in [0.25, 0.3) is 0 Å². The van der Waals surface area contributed by atoms with E-state index in [1.54, 1.807) is 24.3 Å². The minimum absolute atomic E-state index is 0.00862. The van der Waals surface area contributed by atoms with Crippen LogP contribution in [0.2, 0.25) is 5.02 Å². The van der Waals surface area contributed by atoms with Gasteiger partial charge in [0.15, 0.2) is 0 Å². The van der Waals surface area contributed by atoms with Crippen LogP contribution in [-0.4, -0.2) is 30.8 Å². The van der Waals surface area contributed by atoms with E-state index >= 15 is 0 Å². The molecule has 1 heterocycles. The van der Waals surface area contributed by atoms with Crippen molar-refractivity contribution in [3.05, 3.63) is 47.0 Å². The average molecular weight is 325 g/mol. The molecule has 6 heteroatoms. The van der Waals surface area contributed by atoms with Crippen LogP contribution >= 0.6 is 11.6 Å². The van der Waals surface area contributed by atoms with E-state index in [0.29, 0.717) is 5.02 Å². The highest BCUT2D eigenvalue weighted by Crippen LogP contribution is 2.29. The third kappa shape index (κ3) is 4.58. The monoisotopic (exact) mass is 324 g/mol. The molecule has 0 bridgehead atoms. The summed E-state index contributed by atoms with van der Waals surface area (Å²) in [7, 11) is 0. The van der Waals surface area contributed by atoms with Gasteiger partial charge in [-0.3, -0.25) is 9.59 Å². The summed E-state index contributed by atoms with van der Waals surface area (Å²) in [4.78, 5) is 22.1. The third-order valence-electron chi connectivity index (χ3n) is 3.09. The van der Waals surface area contributed by atoms with E-state index in [2.05, 4.69) is 0 Å². The second-order valence-electron chi connectivity index (χ2n) is 4.91. The molecule has 1 aromatic rings. The van der Waals surface area contributed by atoms with Gasteiger partial charge in [-0.25, -0.2) is 0 Å². The maximum absolute atomic E-state index is 11.2. The number of ether oxygens (including phenoxy) is 3. The fourth-order valence-electron chi connectivity index (χ4n) is 2.16. The van der Waals surface area contributed by atoms with E-state index in [1.807, 2.05) is 12.1 Å². The molecule has 1 aliphatic heterocycles. The van der Waals surface area contributed by atoms with Crippen molar-refractivity contribution in [1.82, 2.24) is 0 Å². The molecule has 5 nitrogen and oxygen atoms in total. The summed E-state index contributed by atoms with van der Waals surface area (Å²) < 4.78 is 16.1. The molecule has 1 aromatic carbocycles. The molecule has 0 radical (unpaired) electrons. The molecule has 0 aliphatic carbocycles. The first-order valence-electron chi connectivity index (χ1n) is 6.85. The maximum Gasteiger partial charge on any atom is 0.303 e. The fourth-order valence-corrected chi connectivity index (χ4v) is 2.36. The molecule has 0 saturated heterocycles. The van der Waals surface area contributed by atoms with Crippen LogP contribution in [0.5, 0.6) is 0 Å². The number of hydrogen-bond acceptors (Lipinski definition) is 5. The largest absolute Gasteiger partial charge is 0.463 e. The smallest absolute Gasteiger partial charge is 0.303 e. The van der Waals surface area contributed by atoms with Crippen molar-refractivity contribution in [1.29, 1.82) is 0 Å². The van der Waals surface area contributed by atoms with Gasteiger partial charge in [0.05, 0.1) is 0 Å². The van der Waals surface area contributed by atoms with Crippen LogP contribution in [0.25, 0.3) is 0 Å². The molecule has 0 unspecified atom stereocenters. The van der Waals surface area contributed by atoms with Crippen molar-refractivity contribution >= 4 is 23.5 Å². The van der Waals surface area contributed by atoms with Crippen molar-refractivity contribution in [3.8, 4) is 0 Å². The summed E-state index contributed by atoms with van der Waals surface area (Å²) in [6.07, 6.45) is 2.04. The molecule has 3 atom stereocenters. The molecule has 22 heavy (non-hydrogen) atoms. The minimum Gasteiger partial charge on any atom is -0.463 e. The van der Waals surface area contributed by atoms with Gasteiger partial charge in [-0.2, -0.15) is 0 Å². The lowest BCUT2D eigenvalue weighted by Crippen LogP contribution is -2.39. The molecule has 0 amide bonds. The Bertz CT molecular complexity index is 584. The molecule has 2 rings (SSSR count). The fraction of sp³-hybridized carbons (Fsp3) is 0.375. The summed E-state index contributed by atoms with van der Waals surface area (Å²) in [5, 5.41) is 0.605. The molecule has 0 aromatic heterocycles. The van der Waals surface area contributed by atoms with Gasteiger partial charge in [-0.1, -0.05) is 29.8 Å². The second kappa shape index (κ2) is 7.42. The first-order chi connectivity index (χ1) is 10.5. The van der Waals surface area contributed by atoms with E-state index in [0.717, 1.165) is 5.56 Å². The SMILES string of the molecule is CC(=O)OC[C@H]1O[C@H](c2cccc(Cl)c2)C=C[C@@H]1OC(C)=O. The average Bonchev–Trinajstić information content (AvgIpc) is 2.45. The molecule has 0 fully saturated rings. The summed E-state index contributed by atoms with van der Waals surface area (Å²) in [6, 6.07) is 7.28. The summed E-state index contributed by atoms with van der Waals surface area (Å²) >= 11 is 5.98. The predicted octanol–water partition coefficient (Wildman–Crippen LogP) is 2.83. The Kier molecular flexibility index (Phi) is 5.57. The van der Waals surface area contributed by atoms with Gasteiger partial charge in [0, 0.05) is 18.9 Å². The Balaban J connectivity index is 2.15. The molecule has 0 spiro atoms. The van der Waals surface area contributed by atoms with Gasteiger partial charge in [-0.05, 0) is 23.8 Å². The topological polar surface area (TPSA) is 61.8 Å². The van der Waals surface area contributed by atoms with E-state index < -0.39 is 24.1 Å². The van der Waals surface area contributed by atoms with Crippen molar-refractivity contribution in [3.63, 3.8) is 0 Å². The van der Waals surface area contributed by atoms with Crippen LogP contribution in [0.1, 0.15) is 25.5 Å². The zero-order valence-corrected chi connectivity index (χ0v) is 13.1. The van der Waals surface area contributed by atoms with Crippen LogP contribution in [0, 0.1) is 0 Å². The van der Waals surface area contributed by atoms with Gasteiger partial charge in [-0.15, -0.1) is 0 Å². The van der Waals surface area contributed by atoms with Crippen molar-refractivity contribution in [2.75, 3.05) is 6.61 Å². The number of carbonyl (C=O) groups excluding carboxylic acids is 2. The Morgan fingerprint density at radius 3 is 2.64 bits per heavy atom. The van der Waals surface area contributed by atoms with Crippen LogP contribution < -0.4 is 0 Å². The molecular weight excluding hydrogens is 308 g/mol. The molecule has 1 aliphatic rings. The van der Waals surface area contributed by atoms with Crippen LogP contribution in [0.3, 0.4) is 0 Å². The second-order valence-corrected chi connectivity index (χ2v) is 5.35. The molecule has 118 valence electrons. The zero-order valence-electron chi connectivity index (χ0n) is 12.3. The standard InChI is InChI=1S/C16H17ClO5/c1-10(18)20-9-16-15(21-11(2)19)7-6-14(22-16)12-4-3-5-13(17)8-12/h3-8,14-16H,9H2,1-2H3/t14-,15-,16+/m0/s1. The van der Waals surface area contributed by atoms with Crippen molar-refractivity contribution in [2.24, 2.45) is 0 Å². The van der Waals surface area contributed by atoms with Gasteiger partial charge >= 0.3 is 11.9 Å². The minimum atomic E-state index is -0.590. The Morgan fingerprint density at radius 2 is 2.00 bits per heavy atom. The quantitative estimate of drug-likeness (QED) is 0.629. The Hall–Kier alpha value is -1.85. The zero-order chi connectivity index (χ0) is 16.1. The van der Waals surface area contributed by atoms with Crippen molar-refractivity contribution in [2.45, 2.75) is 32.2 Å². The summed E-state index contributed by atoms with van der Waals surface area (Å²) in [5.74, 6) is -0.841. The molecular formula is C16H17ClO5. The third-order valence-corrected chi connectivity index (χ3v) is 3.33. The first kappa shape index (κ1) is 16.5. The highest BCUT2D eigenvalue weighted by Gasteiger charge is 2.31. The Morgan fingerprint density at radius 1 is 1.23 bits per heavy atom. The maximum atomic E-state index is 11.2. The summed E-state index contributed by atoms with van der Waals surface area (Å²) in [6.45, 7) is 2.64. The number of hydrogen-bond donors (Lipinski definition) is 0. The number of carbonyl (C=O) groups is 2. The number of esters is 2. The van der Waals surface area contributed by atoms with E-state index in [9.17, 15) is 9.59 Å². The molecule has 0 saturated carbocycles. The van der Waals surface area contributed by atoms with Crippen LogP contribution in [-0.2, 0) is 23.8 Å². The van der Waals surface area contributed by atoms with Crippen LogP contribution in [0.15, 0.2) is 36.4 Å². The van der Waals surface area contributed by atoms with Crippen LogP contribution in [0.4, 0.5) is 0 Å². The number of rotatable bonds is 4. The van der Waals surface area contributed by atoms with Gasteiger partial charge < -0.3 is 14.2 Å². The molecule has 0 N–H and O–H groups in total. The van der Waals surface area contributed by atoms with E-state index in [1.165, 1.54) is 13.8 Å². The lowest BCUT2D eigenvalue weighted by atomic mass is 10.0. The van der Waals surface area contributed by atoms with E-state index in [-0.39, 0.29) is 12.7 Å². The number of halogens is 1. The first-order valence-corrected chi connectivity index (χ1v) is 7.23. The van der Waals surface area contributed by atoms with Gasteiger partial charge in [0.1, 0.15) is 24.9 Å². The highest BCUT2D eigenvalue weighted by atomic mass is 35.5. The predicted molar refractivity (Wildman–Crippen MR) is 80.4 cm³/mol. The summed E-state index contributed by atoms with van der Waals surface area (Å²) in [5.41, 5.74) is 0.873. The Labute approximate surface area is 133 Å². The normalized spacial score (nSPS) is 23.9. The number of benzene rings is 1. The van der Waals surface area contributed by atoms with Gasteiger partial charge in [0.2, 0.25) is 0 Å². The van der Waals surface area contributed by atoms with Crippen molar-refractivity contribution < 1.29 is 23.8 Å². The lowest BCUT2D eigenvalue weighted by molar-refractivity contribution is -0.163.